The molecule has 2 N–H and O–H groups in total. The van der Waals surface area contributed by atoms with Gasteiger partial charge < -0.3 is 14.7 Å². The van der Waals surface area contributed by atoms with Gasteiger partial charge in [0.2, 0.25) is 17.5 Å². The van der Waals surface area contributed by atoms with Gasteiger partial charge in [-0.05, 0) is 79.1 Å². The monoisotopic (exact) mass is 1060 g/mol. The molecule has 9 rings (SSSR count). The van der Waals surface area contributed by atoms with E-state index in [4.69, 9.17) is 4.74 Å². The summed E-state index contributed by atoms with van der Waals surface area (Å²) in [6.45, 7) is 0.345. The van der Waals surface area contributed by atoms with Crippen molar-refractivity contribution in [1.29, 1.82) is 0 Å². The van der Waals surface area contributed by atoms with E-state index in [1.165, 1.54) is 24.3 Å². The second-order valence-electron chi connectivity index (χ2n) is 15.8. The van der Waals surface area contributed by atoms with E-state index in [1.54, 1.807) is 12.1 Å². The molecule has 5 heterocycles. The van der Waals surface area contributed by atoms with Crippen LogP contribution in [0.1, 0.15) is 48.5 Å². The number of benzene rings is 4. The highest BCUT2D eigenvalue weighted by Gasteiger charge is 2.34. The van der Waals surface area contributed by atoms with Crippen molar-refractivity contribution >= 4 is 62.3 Å². The van der Waals surface area contributed by atoms with E-state index in [0.29, 0.717) is 12.4 Å². The zero-order valence-electron chi connectivity index (χ0n) is 35.5. The summed E-state index contributed by atoms with van der Waals surface area (Å²) in [5, 5.41) is 0.844. The molecular formula is C50H26BrF15N4O. The number of rotatable bonds is 11. The first-order chi connectivity index (χ1) is 33.9. The molecule has 2 aliphatic heterocycles. The number of hydrogen-bond donors (Lipinski definition) is 2. The predicted molar refractivity (Wildman–Crippen MR) is 238 cm³/mol. The van der Waals surface area contributed by atoms with Crippen LogP contribution in [0.25, 0.3) is 90.9 Å². The van der Waals surface area contributed by atoms with Gasteiger partial charge in [-0.2, -0.15) is 0 Å². The molecule has 0 saturated heterocycles. The van der Waals surface area contributed by atoms with Crippen LogP contribution in [-0.2, 0) is 0 Å². The number of H-pyrrole nitrogens is 2. The van der Waals surface area contributed by atoms with Crippen molar-refractivity contribution < 1.29 is 70.6 Å². The quantitative estimate of drug-likeness (QED) is 0.0446. The Morgan fingerprint density at radius 3 is 0.972 bits per heavy atom. The summed E-state index contributed by atoms with van der Waals surface area (Å²) in [6, 6.07) is 10.2. The number of unbranched alkanes of at least 4 members (excludes halogenated alkanes) is 3. The second kappa shape index (κ2) is 19.1. The normalized spacial score (nSPS) is 12.2. The van der Waals surface area contributed by atoms with Crippen molar-refractivity contribution in [2.45, 2.75) is 25.7 Å². The number of aromatic amines is 2. The van der Waals surface area contributed by atoms with Crippen LogP contribution in [0, 0.1) is 87.3 Å². The lowest BCUT2D eigenvalue weighted by Gasteiger charge is -2.11. The molecule has 21 heteroatoms. The van der Waals surface area contributed by atoms with Crippen LogP contribution in [-0.4, -0.2) is 31.9 Å². The van der Waals surface area contributed by atoms with Gasteiger partial charge in [0.15, 0.2) is 69.8 Å². The number of aromatic nitrogens is 4. The lowest BCUT2D eigenvalue weighted by molar-refractivity contribution is 0.305. The van der Waals surface area contributed by atoms with Gasteiger partial charge in [0.25, 0.3) is 0 Å². The molecule has 0 unspecified atom stereocenters. The Kier molecular flexibility index (Phi) is 13.1. The molecule has 7 aromatic rings. The standard InChI is InChI=1S/C50H26BrF15N4O/c51-17-3-1-2-4-18-71-20-7-5-19(6-8-20)29-21-9-11-23(67-21)30(33-36(52)42(58)48(64)43(59)37(33)53)25-13-15-27(69-25)32(35-40(56)46(62)50(66)47(63)41(35)57)28-16-14-26(70-28)31(24-12-10-22(29)68-24)34-38(54)44(60)49(65)45(61)39(34)55/h5-16,67,70H,1-4,17-18H2. The second-order valence-corrected chi connectivity index (χ2v) is 16.6. The molecule has 8 bridgehead atoms. The molecular weight excluding hydrogens is 1040 g/mol. The van der Waals surface area contributed by atoms with Crippen molar-refractivity contribution in [3.8, 4) is 50.3 Å². The number of fused-ring (bicyclic) bond motifs is 8. The molecule has 0 fully saturated rings. The Hall–Kier alpha value is -7.29. The van der Waals surface area contributed by atoms with Gasteiger partial charge >= 0.3 is 0 Å². The van der Waals surface area contributed by atoms with Gasteiger partial charge in [0, 0.05) is 49.7 Å². The maximum Gasteiger partial charge on any atom is 0.200 e. The van der Waals surface area contributed by atoms with Crippen LogP contribution in [0.15, 0.2) is 48.5 Å². The van der Waals surface area contributed by atoms with Crippen LogP contribution < -0.4 is 4.74 Å². The van der Waals surface area contributed by atoms with E-state index in [-0.39, 0.29) is 22.3 Å². The fourth-order valence-corrected chi connectivity index (χ4v) is 8.63. The van der Waals surface area contributed by atoms with Gasteiger partial charge in [0.05, 0.1) is 46.1 Å². The van der Waals surface area contributed by atoms with Crippen LogP contribution in [0.4, 0.5) is 65.9 Å². The average Bonchev–Trinajstić information content (AvgIpc) is 4.23. The fraction of sp³-hybridized carbons (Fsp3) is 0.120. The first-order valence-electron chi connectivity index (χ1n) is 21.0. The molecule has 0 radical (unpaired) electrons. The molecule has 3 aromatic heterocycles. The molecule has 71 heavy (non-hydrogen) atoms. The number of nitrogens with zero attached hydrogens (tertiary/aromatic N) is 2. The van der Waals surface area contributed by atoms with Crippen molar-refractivity contribution in [3.63, 3.8) is 0 Å². The lowest BCUT2D eigenvalue weighted by atomic mass is 10.0. The van der Waals surface area contributed by atoms with Gasteiger partial charge in [0.1, 0.15) is 5.75 Å². The zero-order chi connectivity index (χ0) is 50.7. The molecule has 0 atom stereocenters. The zero-order valence-corrected chi connectivity index (χ0v) is 37.1. The van der Waals surface area contributed by atoms with Crippen molar-refractivity contribution in [2.75, 3.05) is 11.9 Å². The SMILES string of the molecule is Fc1c(F)c(F)c(-c2c3nc(c(-c4c(F)c(F)c(F)c(F)c4F)c4ccc([nH]4)c(-c4c(F)c(F)c(F)c(F)c4F)c4nc(c(-c5ccc(OCCCCCCBr)cc5)c5ccc2[nH]5)C=C4)C=C3)c(F)c1F. The third kappa shape index (κ3) is 8.32. The van der Waals surface area contributed by atoms with Gasteiger partial charge in [-0.3, -0.25) is 0 Å². The van der Waals surface area contributed by atoms with Crippen LogP contribution in [0.5, 0.6) is 5.75 Å². The lowest BCUT2D eigenvalue weighted by Crippen LogP contribution is -2.06. The van der Waals surface area contributed by atoms with Crippen molar-refractivity contribution in [2.24, 2.45) is 0 Å². The minimum Gasteiger partial charge on any atom is -0.494 e. The topological polar surface area (TPSA) is 66.6 Å². The number of nitrogens with one attached hydrogen (secondary N) is 2. The van der Waals surface area contributed by atoms with E-state index in [0.717, 1.165) is 67.4 Å². The van der Waals surface area contributed by atoms with E-state index in [1.807, 2.05) is 0 Å². The van der Waals surface area contributed by atoms with Crippen molar-refractivity contribution in [1.82, 2.24) is 19.9 Å². The summed E-state index contributed by atoms with van der Waals surface area (Å²) in [6.07, 6.45) is 7.48. The molecule has 0 aliphatic carbocycles. The molecule has 0 saturated carbocycles. The van der Waals surface area contributed by atoms with Gasteiger partial charge in [-0.15, -0.1) is 0 Å². The molecule has 5 nitrogen and oxygen atoms in total. The highest BCUT2D eigenvalue weighted by atomic mass is 79.9. The largest absolute Gasteiger partial charge is 0.494 e. The van der Waals surface area contributed by atoms with Gasteiger partial charge in [-0.25, -0.2) is 75.8 Å². The van der Waals surface area contributed by atoms with Crippen LogP contribution >= 0.6 is 15.9 Å². The summed E-state index contributed by atoms with van der Waals surface area (Å²) in [5.41, 5.74) is -11.6. The number of alkyl halides is 1. The first-order valence-corrected chi connectivity index (χ1v) is 22.1. The van der Waals surface area contributed by atoms with Crippen LogP contribution in [0.2, 0.25) is 0 Å². The molecule has 364 valence electrons. The summed E-state index contributed by atoms with van der Waals surface area (Å²) < 4.78 is 235. The molecule has 2 aliphatic rings. The van der Waals surface area contributed by atoms with Crippen LogP contribution in [0.3, 0.4) is 0 Å². The summed E-state index contributed by atoms with van der Waals surface area (Å²) in [4.78, 5) is 14.0. The molecule has 4 aromatic carbocycles. The smallest absolute Gasteiger partial charge is 0.200 e. The Labute approximate surface area is 398 Å². The summed E-state index contributed by atoms with van der Waals surface area (Å²) >= 11 is 3.38. The minimum atomic E-state index is -2.61. The highest BCUT2D eigenvalue weighted by Crippen LogP contribution is 2.43. The number of halogens is 16. The number of ether oxygens (including phenoxy) is 1. The maximum absolute atomic E-state index is 16.0. The molecule has 0 spiro atoms. The summed E-state index contributed by atoms with van der Waals surface area (Å²) in [7, 11) is 0. The van der Waals surface area contributed by atoms with E-state index >= 15 is 52.7 Å². The Morgan fingerprint density at radius 2 is 0.634 bits per heavy atom. The molecule has 0 amide bonds. The van der Waals surface area contributed by atoms with Gasteiger partial charge in [-0.1, -0.05) is 40.9 Å². The Balaban J connectivity index is 1.45. The number of hydrogen-bond acceptors (Lipinski definition) is 3. The average molecular weight is 1060 g/mol. The highest BCUT2D eigenvalue weighted by molar-refractivity contribution is 9.09. The predicted octanol–water partition coefficient (Wildman–Crippen LogP) is 15.7. The summed E-state index contributed by atoms with van der Waals surface area (Å²) in [5.74, 6) is -36.3. The van der Waals surface area contributed by atoms with E-state index in [2.05, 4.69) is 35.9 Å². The maximum atomic E-state index is 16.0. The third-order valence-corrected chi connectivity index (χ3v) is 12.1. The fourth-order valence-electron chi connectivity index (χ4n) is 8.23. The Morgan fingerprint density at radius 1 is 0.338 bits per heavy atom. The first kappa shape index (κ1) is 48.7. The minimum absolute atomic E-state index is 0.0506. The van der Waals surface area contributed by atoms with E-state index in [9.17, 15) is 13.2 Å². The van der Waals surface area contributed by atoms with E-state index < -0.39 is 154 Å². The Bertz CT molecular complexity index is 3450. The third-order valence-electron chi connectivity index (χ3n) is 11.6. The van der Waals surface area contributed by atoms with Crippen molar-refractivity contribution in [3.05, 3.63) is 159 Å².